The van der Waals surface area contributed by atoms with Gasteiger partial charge in [-0.1, -0.05) is 11.8 Å². The molecule has 7 heteroatoms. The highest BCUT2D eigenvalue weighted by atomic mass is 32.2. The number of nitrogens with zero attached hydrogens (tertiary/aromatic N) is 2. The van der Waals surface area contributed by atoms with Gasteiger partial charge < -0.3 is 5.11 Å². The molecular formula is C10H10N2O2S3. The van der Waals surface area contributed by atoms with Gasteiger partial charge in [0.1, 0.15) is 5.01 Å². The van der Waals surface area contributed by atoms with Crippen LogP contribution in [-0.2, 0) is 17.0 Å². The molecule has 17 heavy (non-hydrogen) atoms. The Balaban J connectivity index is 1.91. The van der Waals surface area contributed by atoms with Crippen LogP contribution in [-0.4, -0.2) is 21.0 Å². The van der Waals surface area contributed by atoms with Gasteiger partial charge in [-0.3, -0.25) is 4.79 Å². The molecule has 0 saturated heterocycles. The second kappa shape index (κ2) is 5.61. The summed E-state index contributed by atoms with van der Waals surface area (Å²) in [6.07, 6.45) is -0.00653. The average molecular weight is 286 g/mol. The van der Waals surface area contributed by atoms with Crippen LogP contribution in [0.15, 0.2) is 15.1 Å². The molecule has 0 saturated carbocycles. The van der Waals surface area contributed by atoms with Gasteiger partial charge in [0.2, 0.25) is 0 Å². The number of aromatic nitrogens is 2. The fourth-order valence-corrected chi connectivity index (χ4v) is 3.82. The van der Waals surface area contributed by atoms with Gasteiger partial charge >= 0.3 is 5.97 Å². The minimum Gasteiger partial charge on any atom is -0.481 e. The maximum Gasteiger partial charge on any atom is 0.309 e. The van der Waals surface area contributed by atoms with Crippen LogP contribution in [0.3, 0.4) is 0 Å². The van der Waals surface area contributed by atoms with Gasteiger partial charge in [0.25, 0.3) is 0 Å². The molecule has 4 nitrogen and oxygen atoms in total. The van der Waals surface area contributed by atoms with Gasteiger partial charge in [-0.15, -0.1) is 22.7 Å². The van der Waals surface area contributed by atoms with Gasteiger partial charge in [0, 0.05) is 16.5 Å². The van der Waals surface area contributed by atoms with E-state index in [-0.39, 0.29) is 6.42 Å². The van der Waals surface area contributed by atoms with Gasteiger partial charge in [-0.2, -0.15) is 0 Å². The number of aliphatic carboxylic acids is 1. The molecule has 2 aromatic heterocycles. The molecule has 0 aliphatic carbocycles. The van der Waals surface area contributed by atoms with Crippen molar-refractivity contribution in [2.45, 2.75) is 23.4 Å². The van der Waals surface area contributed by atoms with Crippen LogP contribution in [0.5, 0.6) is 0 Å². The molecule has 0 aromatic carbocycles. The molecule has 2 aromatic rings. The quantitative estimate of drug-likeness (QED) is 0.856. The highest BCUT2D eigenvalue weighted by Gasteiger charge is 2.07. The molecule has 0 amide bonds. The first-order valence-corrected chi connectivity index (χ1v) is 7.58. The van der Waals surface area contributed by atoms with Gasteiger partial charge in [0.15, 0.2) is 4.34 Å². The lowest BCUT2D eigenvalue weighted by Gasteiger charge is -1.92. The van der Waals surface area contributed by atoms with E-state index < -0.39 is 5.97 Å². The van der Waals surface area contributed by atoms with Crippen molar-refractivity contribution in [3.8, 4) is 0 Å². The summed E-state index contributed by atoms with van der Waals surface area (Å²) in [6, 6.07) is 0. The SMILES string of the molecule is Cc1csc(CSc2nc(CC(=O)O)cs2)n1. The molecule has 0 aliphatic heterocycles. The van der Waals surface area contributed by atoms with E-state index >= 15 is 0 Å². The predicted molar refractivity (Wildman–Crippen MR) is 69.9 cm³/mol. The molecule has 0 unspecified atom stereocenters. The minimum atomic E-state index is -0.845. The molecule has 90 valence electrons. The molecule has 1 N–H and O–H groups in total. The van der Waals surface area contributed by atoms with E-state index in [1.54, 1.807) is 28.5 Å². The molecular weight excluding hydrogens is 276 g/mol. The Bertz CT molecular complexity index is 521. The first-order chi connectivity index (χ1) is 8.13. The molecule has 2 heterocycles. The summed E-state index contributed by atoms with van der Waals surface area (Å²) in [5.74, 6) is -0.0548. The highest BCUT2D eigenvalue weighted by molar-refractivity contribution is 8.00. The summed E-state index contributed by atoms with van der Waals surface area (Å²) in [5.41, 5.74) is 1.66. The Kier molecular flexibility index (Phi) is 4.14. The number of thiazole rings is 2. The number of thioether (sulfide) groups is 1. The fourth-order valence-electron chi connectivity index (χ4n) is 1.18. The molecule has 0 bridgehead atoms. The summed E-state index contributed by atoms with van der Waals surface area (Å²) >= 11 is 4.72. The lowest BCUT2D eigenvalue weighted by molar-refractivity contribution is -0.136. The number of rotatable bonds is 5. The monoisotopic (exact) mass is 286 g/mol. The summed E-state index contributed by atoms with van der Waals surface area (Å²) in [4.78, 5) is 19.1. The van der Waals surface area contributed by atoms with Crippen molar-refractivity contribution in [3.63, 3.8) is 0 Å². The standard InChI is InChI=1S/C10H10N2O2S3/c1-6-3-15-8(11-6)5-17-10-12-7(4-16-10)2-9(13)14/h3-4H,2,5H2,1H3,(H,13,14). The normalized spacial score (nSPS) is 10.6. The van der Waals surface area contributed by atoms with Crippen molar-refractivity contribution in [1.82, 2.24) is 9.97 Å². The van der Waals surface area contributed by atoms with E-state index in [0.717, 1.165) is 20.8 Å². The smallest absolute Gasteiger partial charge is 0.309 e. The Morgan fingerprint density at radius 3 is 2.88 bits per heavy atom. The molecule has 0 fully saturated rings. The van der Waals surface area contributed by atoms with Crippen LogP contribution in [0.1, 0.15) is 16.4 Å². The number of carboxylic acid groups (broad SMARTS) is 1. The topological polar surface area (TPSA) is 63.1 Å². The van der Waals surface area contributed by atoms with E-state index in [1.807, 2.05) is 12.3 Å². The number of carboxylic acids is 1. The zero-order valence-electron chi connectivity index (χ0n) is 9.04. The Hall–Kier alpha value is -0.920. The van der Waals surface area contributed by atoms with Crippen LogP contribution in [0.2, 0.25) is 0 Å². The van der Waals surface area contributed by atoms with E-state index in [0.29, 0.717) is 5.69 Å². The molecule has 0 aliphatic rings. The minimum absolute atomic E-state index is 0.00653. The molecule has 0 atom stereocenters. The second-order valence-electron chi connectivity index (χ2n) is 3.35. The van der Waals surface area contributed by atoms with E-state index in [2.05, 4.69) is 9.97 Å². The lowest BCUT2D eigenvalue weighted by Crippen LogP contribution is -1.99. The van der Waals surface area contributed by atoms with Crippen LogP contribution in [0.25, 0.3) is 0 Å². The summed E-state index contributed by atoms with van der Waals surface area (Å²) in [5, 5.41) is 13.5. The number of carbonyl (C=O) groups is 1. The first kappa shape index (κ1) is 12.5. The van der Waals surface area contributed by atoms with Crippen molar-refractivity contribution < 1.29 is 9.90 Å². The van der Waals surface area contributed by atoms with Gasteiger partial charge in [0.05, 0.1) is 17.9 Å². The van der Waals surface area contributed by atoms with Gasteiger partial charge in [-0.25, -0.2) is 9.97 Å². The van der Waals surface area contributed by atoms with Crippen molar-refractivity contribution in [2.75, 3.05) is 0 Å². The van der Waals surface area contributed by atoms with Crippen molar-refractivity contribution >= 4 is 40.4 Å². The number of hydrogen-bond donors (Lipinski definition) is 1. The third-order valence-electron chi connectivity index (χ3n) is 1.85. The average Bonchev–Trinajstić information content (AvgIpc) is 2.84. The van der Waals surface area contributed by atoms with E-state index in [1.165, 1.54) is 11.3 Å². The Morgan fingerprint density at radius 2 is 2.24 bits per heavy atom. The van der Waals surface area contributed by atoms with Crippen molar-refractivity contribution in [3.05, 3.63) is 27.2 Å². The maximum atomic E-state index is 10.5. The zero-order valence-corrected chi connectivity index (χ0v) is 11.5. The summed E-state index contributed by atoms with van der Waals surface area (Å²) in [7, 11) is 0. The number of aryl methyl sites for hydroxylation is 1. The largest absolute Gasteiger partial charge is 0.481 e. The van der Waals surface area contributed by atoms with Crippen LogP contribution in [0, 0.1) is 6.92 Å². The van der Waals surface area contributed by atoms with E-state index in [4.69, 9.17) is 5.11 Å². The molecule has 0 spiro atoms. The summed E-state index contributed by atoms with van der Waals surface area (Å²) in [6.45, 7) is 1.97. The third kappa shape index (κ3) is 3.79. The lowest BCUT2D eigenvalue weighted by atomic mass is 10.3. The van der Waals surface area contributed by atoms with Gasteiger partial charge in [-0.05, 0) is 6.92 Å². The van der Waals surface area contributed by atoms with Crippen LogP contribution < -0.4 is 0 Å². The summed E-state index contributed by atoms with van der Waals surface area (Å²) < 4.78 is 0.897. The van der Waals surface area contributed by atoms with Crippen LogP contribution >= 0.6 is 34.4 Å². The Labute approximate surface area is 111 Å². The molecule has 0 radical (unpaired) electrons. The fraction of sp³-hybridized carbons (Fsp3) is 0.300. The zero-order chi connectivity index (χ0) is 12.3. The van der Waals surface area contributed by atoms with E-state index in [9.17, 15) is 4.79 Å². The first-order valence-electron chi connectivity index (χ1n) is 4.83. The predicted octanol–water partition coefficient (Wildman–Crippen LogP) is 2.83. The molecule has 2 rings (SSSR count). The maximum absolute atomic E-state index is 10.5. The van der Waals surface area contributed by atoms with Crippen molar-refractivity contribution in [1.29, 1.82) is 0 Å². The van der Waals surface area contributed by atoms with Crippen molar-refractivity contribution in [2.24, 2.45) is 0 Å². The van der Waals surface area contributed by atoms with Crippen LogP contribution in [0.4, 0.5) is 0 Å². The highest BCUT2D eigenvalue weighted by Crippen LogP contribution is 2.27. The second-order valence-corrected chi connectivity index (χ2v) is 6.37. The third-order valence-corrected chi connectivity index (χ3v) is 5.08. The number of hydrogen-bond acceptors (Lipinski definition) is 6. The Morgan fingerprint density at radius 1 is 1.41 bits per heavy atom.